The number of benzene rings is 1. The van der Waals surface area contributed by atoms with Gasteiger partial charge in [0.25, 0.3) is 0 Å². The summed E-state index contributed by atoms with van der Waals surface area (Å²) in [4.78, 5) is 16.0. The Balaban J connectivity index is 1.59. The predicted octanol–water partition coefficient (Wildman–Crippen LogP) is 1.40. The molecule has 1 amide bonds. The normalized spacial score (nSPS) is 18.1. The average Bonchev–Trinajstić information content (AvgIpc) is 2.56. The number of fused-ring (bicyclic) bond motifs is 1. The first-order chi connectivity index (χ1) is 11.2. The third kappa shape index (κ3) is 3.88. The monoisotopic (exact) mass is 340 g/mol. The van der Waals surface area contributed by atoms with Crippen LogP contribution in [-0.2, 0) is 16.1 Å². The smallest absolute Gasteiger partial charge is 0.248 e. The number of hydrogen-bond acceptors (Lipinski definition) is 5. The molecule has 3 rings (SSSR count). The molecule has 23 heavy (non-hydrogen) atoms. The van der Waals surface area contributed by atoms with E-state index in [4.69, 9.17) is 25.8 Å². The molecule has 2 aliphatic rings. The molecule has 0 spiro atoms. The number of piperazine rings is 1. The van der Waals surface area contributed by atoms with E-state index in [-0.39, 0.29) is 12.5 Å². The highest BCUT2D eigenvalue weighted by atomic mass is 35.5. The fourth-order valence-corrected chi connectivity index (χ4v) is 3.17. The van der Waals surface area contributed by atoms with Gasteiger partial charge in [-0.25, -0.2) is 0 Å². The molecule has 1 fully saturated rings. The van der Waals surface area contributed by atoms with Crippen molar-refractivity contribution in [3.63, 3.8) is 0 Å². The number of carbonyl (C=O) groups is 1. The van der Waals surface area contributed by atoms with Gasteiger partial charge in [-0.2, -0.15) is 0 Å². The van der Waals surface area contributed by atoms with E-state index in [2.05, 4.69) is 4.90 Å². The lowest BCUT2D eigenvalue weighted by Crippen LogP contribution is -2.49. The quantitative estimate of drug-likeness (QED) is 0.829. The largest absolute Gasteiger partial charge is 0.486 e. The van der Waals surface area contributed by atoms with E-state index in [1.54, 1.807) is 7.11 Å². The highest BCUT2D eigenvalue weighted by Gasteiger charge is 2.22. The van der Waals surface area contributed by atoms with Gasteiger partial charge in [0.2, 0.25) is 5.91 Å². The summed E-state index contributed by atoms with van der Waals surface area (Å²) in [5.41, 5.74) is 1.09. The van der Waals surface area contributed by atoms with Gasteiger partial charge in [-0.3, -0.25) is 9.69 Å². The Kier molecular flexibility index (Phi) is 5.25. The highest BCUT2D eigenvalue weighted by Crippen LogP contribution is 2.38. The summed E-state index contributed by atoms with van der Waals surface area (Å²) in [6.07, 6.45) is 0. The van der Waals surface area contributed by atoms with E-state index in [0.29, 0.717) is 29.7 Å². The van der Waals surface area contributed by atoms with Crippen molar-refractivity contribution < 1.29 is 19.0 Å². The van der Waals surface area contributed by atoms with Gasteiger partial charge in [0.1, 0.15) is 19.8 Å². The van der Waals surface area contributed by atoms with Gasteiger partial charge in [-0.15, -0.1) is 0 Å². The molecule has 2 heterocycles. The molecular formula is C16H21ClN2O4. The number of carbonyl (C=O) groups excluding carboxylic acids is 1. The summed E-state index contributed by atoms with van der Waals surface area (Å²) in [6.45, 7) is 5.13. The average molecular weight is 341 g/mol. The highest BCUT2D eigenvalue weighted by molar-refractivity contribution is 6.32. The Bertz CT molecular complexity index is 573. The van der Waals surface area contributed by atoms with Gasteiger partial charge in [0, 0.05) is 39.8 Å². The van der Waals surface area contributed by atoms with Gasteiger partial charge in [0.05, 0.1) is 5.02 Å². The number of rotatable bonds is 4. The molecule has 1 aromatic rings. The molecule has 0 saturated carbocycles. The minimum absolute atomic E-state index is 0.0505. The zero-order valence-corrected chi connectivity index (χ0v) is 14.0. The maximum atomic E-state index is 11.8. The second-order valence-electron chi connectivity index (χ2n) is 5.69. The molecule has 7 heteroatoms. The van der Waals surface area contributed by atoms with Crippen LogP contribution in [-0.4, -0.2) is 68.8 Å². The van der Waals surface area contributed by atoms with E-state index >= 15 is 0 Å². The third-order valence-electron chi connectivity index (χ3n) is 4.06. The Morgan fingerprint density at radius 1 is 1.22 bits per heavy atom. The van der Waals surface area contributed by atoms with Gasteiger partial charge >= 0.3 is 0 Å². The van der Waals surface area contributed by atoms with Crippen molar-refractivity contribution >= 4 is 17.5 Å². The van der Waals surface area contributed by atoms with Gasteiger partial charge in [-0.1, -0.05) is 11.6 Å². The SMILES string of the molecule is COCC(=O)N1CCN(Cc2cc(Cl)c3c(c2)OCCO3)CC1. The van der Waals surface area contributed by atoms with Crippen molar-refractivity contribution in [1.82, 2.24) is 9.80 Å². The Labute approximate surface area is 140 Å². The van der Waals surface area contributed by atoms with E-state index in [0.717, 1.165) is 38.3 Å². The number of nitrogens with zero attached hydrogens (tertiary/aromatic N) is 2. The molecular weight excluding hydrogens is 320 g/mol. The van der Waals surface area contributed by atoms with Crippen molar-refractivity contribution in [3.8, 4) is 11.5 Å². The van der Waals surface area contributed by atoms with E-state index in [1.807, 2.05) is 17.0 Å². The minimum Gasteiger partial charge on any atom is -0.486 e. The van der Waals surface area contributed by atoms with Crippen molar-refractivity contribution in [1.29, 1.82) is 0 Å². The van der Waals surface area contributed by atoms with Crippen LogP contribution in [0.2, 0.25) is 5.02 Å². The lowest BCUT2D eigenvalue weighted by molar-refractivity contribution is -0.136. The first kappa shape index (κ1) is 16.4. The fraction of sp³-hybridized carbons (Fsp3) is 0.562. The molecule has 1 saturated heterocycles. The second kappa shape index (κ2) is 7.38. The van der Waals surface area contributed by atoms with Crippen molar-refractivity contribution in [2.75, 3.05) is 53.1 Å². The van der Waals surface area contributed by atoms with Crippen LogP contribution in [0.15, 0.2) is 12.1 Å². The summed E-state index contributed by atoms with van der Waals surface area (Å²) in [6, 6.07) is 3.92. The summed E-state index contributed by atoms with van der Waals surface area (Å²) in [5.74, 6) is 1.40. The summed E-state index contributed by atoms with van der Waals surface area (Å²) in [5, 5.41) is 0.589. The fourth-order valence-electron chi connectivity index (χ4n) is 2.88. The molecule has 1 aromatic carbocycles. The topological polar surface area (TPSA) is 51.2 Å². The van der Waals surface area contributed by atoms with Crippen LogP contribution in [0.4, 0.5) is 0 Å². The van der Waals surface area contributed by atoms with Gasteiger partial charge < -0.3 is 19.1 Å². The molecule has 0 unspecified atom stereocenters. The lowest BCUT2D eigenvalue weighted by Gasteiger charge is -2.34. The third-order valence-corrected chi connectivity index (χ3v) is 4.34. The standard InChI is InChI=1S/C16H21ClN2O4/c1-21-11-15(20)19-4-2-18(3-5-19)10-12-8-13(17)16-14(9-12)22-6-7-23-16/h8-9H,2-7,10-11H2,1H3. The maximum absolute atomic E-state index is 11.8. The molecule has 0 bridgehead atoms. The number of hydrogen-bond donors (Lipinski definition) is 0. The Morgan fingerprint density at radius 3 is 2.70 bits per heavy atom. The number of ether oxygens (including phenoxy) is 3. The van der Waals surface area contributed by atoms with Crippen LogP contribution < -0.4 is 9.47 Å². The van der Waals surface area contributed by atoms with E-state index < -0.39 is 0 Å². The minimum atomic E-state index is 0.0505. The van der Waals surface area contributed by atoms with Crippen molar-refractivity contribution in [3.05, 3.63) is 22.7 Å². The van der Waals surface area contributed by atoms with E-state index in [1.165, 1.54) is 0 Å². The number of amides is 1. The number of halogens is 1. The summed E-state index contributed by atoms with van der Waals surface area (Å²) in [7, 11) is 1.54. The second-order valence-corrected chi connectivity index (χ2v) is 6.10. The summed E-state index contributed by atoms with van der Waals surface area (Å²) >= 11 is 6.27. The molecule has 0 aromatic heterocycles. The zero-order valence-electron chi connectivity index (χ0n) is 13.2. The predicted molar refractivity (Wildman–Crippen MR) is 86.2 cm³/mol. The first-order valence-electron chi connectivity index (χ1n) is 7.74. The molecule has 126 valence electrons. The Hall–Kier alpha value is -1.50. The number of methoxy groups -OCH3 is 1. The van der Waals surface area contributed by atoms with E-state index in [9.17, 15) is 4.79 Å². The molecule has 0 radical (unpaired) electrons. The molecule has 6 nitrogen and oxygen atoms in total. The van der Waals surface area contributed by atoms with Gasteiger partial charge in [-0.05, 0) is 17.7 Å². The van der Waals surface area contributed by atoms with Crippen LogP contribution >= 0.6 is 11.6 Å². The van der Waals surface area contributed by atoms with Crippen LogP contribution in [0.25, 0.3) is 0 Å². The van der Waals surface area contributed by atoms with Crippen LogP contribution in [0, 0.1) is 0 Å². The molecule has 0 atom stereocenters. The molecule has 0 N–H and O–H groups in total. The first-order valence-corrected chi connectivity index (χ1v) is 8.12. The van der Waals surface area contributed by atoms with Crippen LogP contribution in [0.1, 0.15) is 5.56 Å². The van der Waals surface area contributed by atoms with Crippen LogP contribution in [0.3, 0.4) is 0 Å². The lowest BCUT2D eigenvalue weighted by atomic mass is 10.1. The zero-order chi connectivity index (χ0) is 16.2. The summed E-state index contributed by atoms with van der Waals surface area (Å²) < 4.78 is 16.1. The van der Waals surface area contributed by atoms with Gasteiger partial charge in [0.15, 0.2) is 11.5 Å². The Morgan fingerprint density at radius 2 is 1.96 bits per heavy atom. The molecule has 0 aliphatic carbocycles. The van der Waals surface area contributed by atoms with Crippen molar-refractivity contribution in [2.24, 2.45) is 0 Å². The maximum Gasteiger partial charge on any atom is 0.248 e. The van der Waals surface area contributed by atoms with Crippen LogP contribution in [0.5, 0.6) is 11.5 Å². The molecule has 2 aliphatic heterocycles. The van der Waals surface area contributed by atoms with Crippen molar-refractivity contribution in [2.45, 2.75) is 6.54 Å².